The number of nitrogens with one attached hydrogen (secondary N) is 1. The van der Waals surface area contributed by atoms with Crippen LogP contribution in [0, 0.1) is 0 Å². The summed E-state index contributed by atoms with van der Waals surface area (Å²) >= 11 is 4.28. The molecule has 7 heteroatoms. The Labute approximate surface area is 130 Å². The second kappa shape index (κ2) is 8.28. The topological polar surface area (TPSA) is 54.9 Å². The van der Waals surface area contributed by atoms with Crippen molar-refractivity contribution in [2.24, 2.45) is 0 Å². The van der Waals surface area contributed by atoms with Crippen LogP contribution < -0.4 is 5.32 Å². The van der Waals surface area contributed by atoms with Gasteiger partial charge in [0.05, 0.1) is 5.75 Å². The average molecular weight is 325 g/mol. The van der Waals surface area contributed by atoms with Gasteiger partial charge in [-0.05, 0) is 29.8 Å². The van der Waals surface area contributed by atoms with Gasteiger partial charge in [0.1, 0.15) is 0 Å². The van der Waals surface area contributed by atoms with Gasteiger partial charge in [-0.25, -0.2) is 4.98 Å². The van der Waals surface area contributed by atoms with Gasteiger partial charge in [0, 0.05) is 6.54 Å². The lowest BCUT2D eigenvalue weighted by Gasteiger charge is -2.04. The second-order valence-electron chi connectivity index (χ2n) is 3.92. The molecule has 1 heterocycles. The highest BCUT2D eigenvalue weighted by molar-refractivity contribution is 8.01. The normalized spacial score (nSPS) is 10.4. The first kappa shape index (κ1) is 15.3. The minimum absolute atomic E-state index is 0.0341. The number of hydrogen-bond donors (Lipinski definition) is 1. The summed E-state index contributed by atoms with van der Waals surface area (Å²) in [7, 11) is 0. The van der Waals surface area contributed by atoms with E-state index in [9.17, 15) is 4.79 Å². The molecule has 0 aliphatic rings. The summed E-state index contributed by atoms with van der Waals surface area (Å²) in [4.78, 5) is 16.0. The van der Waals surface area contributed by atoms with Gasteiger partial charge < -0.3 is 5.32 Å². The maximum absolute atomic E-state index is 11.7. The third-order valence-corrected chi connectivity index (χ3v) is 4.97. The summed E-state index contributed by atoms with van der Waals surface area (Å²) in [6, 6.07) is 10.1. The molecular formula is C13H15N3OS3. The lowest BCUT2D eigenvalue weighted by molar-refractivity contribution is -0.118. The molecule has 0 fully saturated rings. The van der Waals surface area contributed by atoms with Crippen LogP contribution in [0.5, 0.6) is 0 Å². The quantitative estimate of drug-likeness (QED) is 0.793. The molecule has 106 valence electrons. The Morgan fingerprint density at radius 1 is 1.35 bits per heavy atom. The molecule has 4 nitrogen and oxygen atoms in total. The SMILES string of the molecule is CSc1nsc(SCC(=O)NCCc2ccccc2)n1. The number of amides is 1. The van der Waals surface area contributed by atoms with Gasteiger partial charge in [-0.2, -0.15) is 4.37 Å². The standard InChI is InChI=1S/C13H15N3OS3/c1-18-12-15-13(20-16-12)19-9-11(17)14-8-7-10-5-3-2-4-6-10/h2-6H,7-9H2,1H3,(H,14,17). The Kier molecular flexibility index (Phi) is 6.35. The molecule has 2 aromatic rings. The number of nitrogens with zero attached hydrogens (tertiary/aromatic N) is 2. The van der Waals surface area contributed by atoms with Crippen LogP contribution in [0.4, 0.5) is 0 Å². The van der Waals surface area contributed by atoms with Crippen LogP contribution in [0.15, 0.2) is 39.8 Å². The number of carbonyl (C=O) groups excluding carboxylic acids is 1. The zero-order valence-electron chi connectivity index (χ0n) is 11.0. The molecule has 1 amide bonds. The lowest BCUT2D eigenvalue weighted by Crippen LogP contribution is -2.27. The molecule has 2 rings (SSSR count). The van der Waals surface area contributed by atoms with Crippen LogP contribution in [0.3, 0.4) is 0 Å². The molecule has 0 aliphatic carbocycles. The van der Waals surface area contributed by atoms with Gasteiger partial charge >= 0.3 is 0 Å². The minimum Gasteiger partial charge on any atom is -0.355 e. The maximum atomic E-state index is 11.7. The third-order valence-electron chi connectivity index (χ3n) is 2.48. The van der Waals surface area contributed by atoms with E-state index in [2.05, 4.69) is 26.8 Å². The van der Waals surface area contributed by atoms with Crippen LogP contribution in [0.2, 0.25) is 0 Å². The molecule has 1 aromatic heterocycles. The zero-order valence-corrected chi connectivity index (χ0v) is 13.5. The molecule has 0 unspecified atom stereocenters. The molecular weight excluding hydrogens is 310 g/mol. The first-order chi connectivity index (χ1) is 9.78. The average Bonchev–Trinajstić information content (AvgIpc) is 2.94. The van der Waals surface area contributed by atoms with Crippen molar-refractivity contribution >= 4 is 41.0 Å². The summed E-state index contributed by atoms with van der Waals surface area (Å²) in [5, 5.41) is 3.68. The number of benzene rings is 1. The smallest absolute Gasteiger partial charge is 0.230 e. The van der Waals surface area contributed by atoms with Gasteiger partial charge in [-0.3, -0.25) is 4.79 Å². The van der Waals surface area contributed by atoms with Crippen LogP contribution >= 0.6 is 35.1 Å². The highest BCUT2D eigenvalue weighted by Gasteiger charge is 2.07. The molecule has 0 saturated carbocycles. The predicted octanol–water partition coefficient (Wildman–Crippen LogP) is 2.71. The van der Waals surface area contributed by atoms with E-state index in [1.807, 2.05) is 24.5 Å². The van der Waals surface area contributed by atoms with Crippen LogP contribution in [-0.4, -0.2) is 33.8 Å². The van der Waals surface area contributed by atoms with Crippen molar-refractivity contribution in [3.63, 3.8) is 0 Å². The highest BCUT2D eigenvalue weighted by atomic mass is 32.2. The molecule has 0 bridgehead atoms. The number of carbonyl (C=O) groups is 1. The van der Waals surface area contributed by atoms with Gasteiger partial charge in [0.25, 0.3) is 0 Å². The minimum atomic E-state index is 0.0341. The molecule has 0 atom stereocenters. The van der Waals surface area contributed by atoms with Crippen molar-refractivity contribution < 1.29 is 4.79 Å². The van der Waals surface area contributed by atoms with Crippen molar-refractivity contribution in [3.8, 4) is 0 Å². The first-order valence-corrected chi connectivity index (χ1v) is 9.07. The zero-order chi connectivity index (χ0) is 14.2. The Morgan fingerprint density at radius 3 is 2.85 bits per heavy atom. The number of thioether (sulfide) groups is 2. The van der Waals surface area contributed by atoms with Crippen LogP contribution in [0.1, 0.15) is 5.56 Å². The fourth-order valence-corrected chi connectivity index (χ4v) is 3.55. The van der Waals surface area contributed by atoms with Gasteiger partial charge in [-0.15, -0.1) is 0 Å². The summed E-state index contributed by atoms with van der Waals surface area (Å²) in [6.45, 7) is 0.662. The van der Waals surface area contributed by atoms with Crippen LogP contribution in [0.25, 0.3) is 0 Å². The summed E-state index contributed by atoms with van der Waals surface area (Å²) < 4.78 is 5.00. The predicted molar refractivity (Wildman–Crippen MR) is 85.6 cm³/mol. The molecule has 0 spiro atoms. The maximum Gasteiger partial charge on any atom is 0.230 e. The largest absolute Gasteiger partial charge is 0.355 e. The molecule has 1 aromatic carbocycles. The van der Waals surface area contributed by atoms with Crippen molar-refractivity contribution in [1.29, 1.82) is 0 Å². The van der Waals surface area contributed by atoms with Crippen LogP contribution in [-0.2, 0) is 11.2 Å². The molecule has 20 heavy (non-hydrogen) atoms. The van der Waals surface area contributed by atoms with Gasteiger partial charge in [0.15, 0.2) is 4.34 Å². The monoisotopic (exact) mass is 325 g/mol. The Balaban J connectivity index is 1.65. The number of rotatable bonds is 7. The van der Waals surface area contributed by atoms with E-state index >= 15 is 0 Å². The van der Waals surface area contributed by atoms with Crippen molar-refractivity contribution in [2.75, 3.05) is 18.6 Å². The van der Waals surface area contributed by atoms with E-state index in [0.29, 0.717) is 12.3 Å². The van der Waals surface area contributed by atoms with E-state index in [4.69, 9.17) is 0 Å². The lowest BCUT2D eigenvalue weighted by atomic mass is 10.1. The fourth-order valence-electron chi connectivity index (χ4n) is 1.51. The molecule has 1 N–H and O–H groups in total. The van der Waals surface area contributed by atoms with Gasteiger partial charge in [0.2, 0.25) is 11.1 Å². The van der Waals surface area contributed by atoms with Crippen molar-refractivity contribution in [3.05, 3.63) is 35.9 Å². The number of hydrogen-bond acceptors (Lipinski definition) is 6. The fraction of sp³-hybridized carbons (Fsp3) is 0.308. The van der Waals surface area contributed by atoms with E-state index in [1.54, 1.807) is 0 Å². The van der Waals surface area contributed by atoms with Crippen molar-refractivity contribution in [1.82, 2.24) is 14.7 Å². The van der Waals surface area contributed by atoms with E-state index < -0.39 is 0 Å². The Bertz CT molecular complexity index is 545. The molecule has 0 saturated heterocycles. The second-order valence-corrected chi connectivity index (χ2v) is 6.67. The molecule has 0 radical (unpaired) electrons. The summed E-state index contributed by atoms with van der Waals surface area (Å²) in [5.74, 6) is 0.421. The Hall–Kier alpha value is -1.05. The number of aromatic nitrogens is 2. The third kappa shape index (κ3) is 5.15. The van der Waals surface area contributed by atoms with E-state index in [1.165, 1.54) is 40.6 Å². The van der Waals surface area contributed by atoms with E-state index in [0.717, 1.165) is 15.9 Å². The molecule has 0 aliphatic heterocycles. The summed E-state index contributed by atoms with van der Waals surface area (Å²) in [6.07, 6.45) is 2.79. The van der Waals surface area contributed by atoms with E-state index in [-0.39, 0.29) is 5.91 Å². The Morgan fingerprint density at radius 2 is 2.15 bits per heavy atom. The van der Waals surface area contributed by atoms with Gasteiger partial charge in [-0.1, -0.05) is 53.9 Å². The highest BCUT2D eigenvalue weighted by Crippen LogP contribution is 2.23. The van der Waals surface area contributed by atoms with Crippen molar-refractivity contribution in [2.45, 2.75) is 15.9 Å². The first-order valence-electron chi connectivity index (χ1n) is 6.09. The summed E-state index contributed by atoms with van der Waals surface area (Å²) in [5.41, 5.74) is 1.23.